The second-order valence-electron chi connectivity index (χ2n) is 3.98. The highest BCUT2D eigenvalue weighted by atomic mass is 16.4. The van der Waals surface area contributed by atoms with Crippen LogP contribution in [-0.4, -0.2) is 24.2 Å². The number of rotatable bonds is 4. The summed E-state index contributed by atoms with van der Waals surface area (Å²) in [5, 5.41) is 17.9. The van der Waals surface area contributed by atoms with E-state index < -0.39 is 12.0 Å². The Kier molecular flexibility index (Phi) is 4.11. The predicted octanol–water partition coefficient (Wildman–Crippen LogP) is 2.17. The van der Waals surface area contributed by atoms with Gasteiger partial charge in [-0.25, -0.2) is 4.79 Å². The van der Waals surface area contributed by atoms with Crippen LogP contribution in [0.4, 0.5) is 5.69 Å². The van der Waals surface area contributed by atoms with Gasteiger partial charge in [-0.2, -0.15) is 5.26 Å². The molecule has 0 aliphatic heterocycles. The molecule has 1 atom stereocenters. The van der Waals surface area contributed by atoms with Gasteiger partial charge in [0.2, 0.25) is 0 Å². The topological polar surface area (TPSA) is 64.3 Å². The van der Waals surface area contributed by atoms with E-state index in [0.29, 0.717) is 12.0 Å². The van der Waals surface area contributed by atoms with Crippen molar-refractivity contribution in [3.8, 4) is 6.07 Å². The second kappa shape index (κ2) is 5.35. The number of anilines is 1. The van der Waals surface area contributed by atoms with Crippen LogP contribution < -0.4 is 4.90 Å². The molecule has 0 saturated heterocycles. The Bertz CT molecular complexity index is 463. The lowest BCUT2D eigenvalue weighted by atomic mass is 10.1. The molecule has 1 unspecified atom stereocenters. The first-order chi connectivity index (χ1) is 8.01. The summed E-state index contributed by atoms with van der Waals surface area (Å²) in [5.41, 5.74) is 2.29. The van der Waals surface area contributed by atoms with E-state index >= 15 is 0 Å². The number of aliphatic carboxylic acids is 1. The number of benzene rings is 1. The average molecular weight is 232 g/mol. The van der Waals surface area contributed by atoms with Crippen LogP contribution in [0.3, 0.4) is 0 Å². The van der Waals surface area contributed by atoms with Crippen LogP contribution in [-0.2, 0) is 4.79 Å². The first-order valence-electron chi connectivity index (χ1n) is 5.47. The third kappa shape index (κ3) is 2.76. The van der Waals surface area contributed by atoms with Gasteiger partial charge < -0.3 is 10.0 Å². The lowest BCUT2D eigenvalue weighted by Gasteiger charge is -2.26. The van der Waals surface area contributed by atoms with Crippen LogP contribution >= 0.6 is 0 Å². The summed E-state index contributed by atoms with van der Waals surface area (Å²) in [6.07, 6.45) is 0.533. The molecular formula is C13H16N2O2. The zero-order valence-corrected chi connectivity index (χ0v) is 10.3. The third-order valence-corrected chi connectivity index (χ3v) is 2.88. The smallest absolute Gasteiger partial charge is 0.326 e. The molecule has 0 bridgehead atoms. The molecule has 0 fully saturated rings. The molecule has 0 spiro atoms. The molecule has 90 valence electrons. The molecule has 1 rings (SSSR count). The van der Waals surface area contributed by atoms with Gasteiger partial charge in [0.05, 0.1) is 11.6 Å². The summed E-state index contributed by atoms with van der Waals surface area (Å²) in [4.78, 5) is 12.8. The molecule has 1 aromatic rings. The Morgan fingerprint density at radius 2 is 2.24 bits per heavy atom. The van der Waals surface area contributed by atoms with Gasteiger partial charge in [0.1, 0.15) is 6.04 Å². The standard InChI is InChI=1S/C13H16N2O2/c1-4-12(13(16)17)15(3)11-6-5-10(8-14)9(2)7-11/h5-7,12H,4H2,1-3H3,(H,16,17). The van der Waals surface area contributed by atoms with Crippen molar-refractivity contribution in [1.29, 1.82) is 5.26 Å². The maximum Gasteiger partial charge on any atom is 0.326 e. The normalized spacial score (nSPS) is 11.6. The number of nitrogens with zero attached hydrogens (tertiary/aromatic N) is 2. The number of hydrogen-bond donors (Lipinski definition) is 1. The summed E-state index contributed by atoms with van der Waals surface area (Å²) >= 11 is 0. The molecule has 1 N–H and O–H groups in total. The molecule has 0 aliphatic rings. The van der Waals surface area contributed by atoms with Gasteiger partial charge in [-0.05, 0) is 37.1 Å². The molecule has 0 saturated carbocycles. The van der Waals surface area contributed by atoms with Crippen molar-refractivity contribution in [3.05, 3.63) is 29.3 Å². The van der Waals surface area contributed by atoms with Crippen molar-refractivity contribution >= 4 is 11.7 Å². The van der Waals surface area contributed by atoms with Crippen LogP contribution in [0.25, 0.3) is 0 Å². The lowest BCUT2D eigenvalue weighted by Crippen LogP contribution is -2.37. The average Bonchev–Trinajstić information content (AvgIpc) is 2.29. The molecule has 0 aliphatic carbocycles. The van der Waals surface area contributed by atoms with Crippen LogP contribution in [0.5, 0.6) is 0 Å². The Morgan fingerprint density at radius 1 is 1.59 bits per heavy atom. The zero-order chi connectivity index (χ0) is 13.0. The van der Waals surface area contributed by atoms with Crippen LogP contribution in [0.15, 0.2) is 18.2 Å². The maximum absolute atomic E-state index is 11.1. The minimum absolute atomic E-state index is 0.533. The van der Waals surface area contributed by atoms with E-state index in [4.69, 9.17) is 10.4 Å². The predicted molar refractivity (Wildman–Crippen MR) is 66.0 cm³/mol. The Morgan fingerprint density at radius 3 is 2.65 bits per heavy atom. The SMILES string of the molecule is CCC(C(=O)O)N(C)c1ccc(C#N)c(C)c1. The van der Waals surface area contributed by atoms with Crippen LogP contribution in [0, 0.1) is 18.3 Å². The molecule has 0 radical (unpaired) electrons. The van der Waals surface area contributed by atoms with Gasteiger partial charge >= 0.3 is 5.97 Å². The van der Waals surface area contributed by atoms with Gasteiger partial charge in [-0.1, -0.05) is 6.92 Å². The molecule has 4 nitrogen and oxygen atoms in total. The van der Waals surface area contributed by atoms with E-state index in [0.717, 1.165) is 11.3 Å². The fourth-order valence-corrected chi connectivity index (χ4v) is 1.79. The molecule has 4 heteroatoms. The van der Waals surface area contributed by atoms with E-state index in [1.165, 1.54) is 0 Å². The highest BCUT2D eigenvalue weighted by Crippen LogP contribution is 2.20. The first-order valence-corrected chi connectivity index (χ1v) is 5.47. The van der Waals surface area contributed by atoms with Crippen molar-refractivity contribution in [1.82, 2.24) is 0 Å². The fraction of sp³-hybridized carbons (Fsp3) is 0.385. The number of carboxylic acid groups (broad SMARTS) is 1. The summed E-state index contributed by atoms with van der Waals surface area (Å²) in [6, 6.07) is 6.88. The number of aryl methyl sites for hydroxylation is 1. The quantitative estimate of drug-likeness (QED) is 0.864. The van der Waals surface area contributed by atoms with Crippen LogP contribution in [0.2, 0.25) is 0 Å². The van der Waals surface area contributed by atoms with Gasteiger partial charge in [0, 0.05) is 12.7 Å². The Hall–Kier alpha value is -2.02. The third-order valence-electron chi connectivity index (χ3n) is 2.88. The van der Waals surface area contributed by atoms with Gasteiger partial charge in [0.15, 0.2) is 0 Å². The minimum atomic E-state index is -0.836. The minimum Gasteiger partial charge on any atom is -0.480 e. The Balaban J connectivity index is 3.05. The van der Waals surface area contributed by atoms with Crippen molar-refractivity contribution < 1.29 is 9.90 Å². The molecular weight excluding hydrogens is 216 g/mol. The highest BCUT2D eigenvalue weighted by Gasteiger charge is 2.20. The molecule has 17 heavy (non-hydrogen) atoms. The van der Waals surface area contributed by atoms with E-state index in [2.05, 4.69) is 6.07 Å². The second-order valence-corrected chi connectivity index (χ2v) is 3.98. The van der Waals surface area contributed by atoms with Crippen molar-refractivity contribution in [3.63, 3.8) is 0 Å². The maximum atomic E-state index is 11.1. The Labute approximate surface area is 101 Å². The van der Waals surface area contributed by atoms with E-state index in [9.17, 15) is 4.79 Å². The number of carboxylic acids is 1. The number of likely N-dealkylation sites (N-methyl/N-ethyl adjacent to an activating group) is 1. The van der Waals surface area contributed by atoms with E-state index in [1.807, 2.05) is 19.9 Å². The lowest BCUT2D eigenvalue weighted by molar-refractivity contribution is -0.138. The zero-order valence-electron chi connectivity index (χ0n) is 10.3. The van der Waals surface area contributed by atoms with Crippen molar-refractivity contribution in [2.24, 2.45) is 0 Å². The molecule has 0 amide bonds. The van der Waals surface area contributed by atoms with E-state index in [1.54, 1.807) is 24.1 Å². The van der Waals surface area contributed by atoms with Crippen LogP contribution in [0.1, 0.15) is 24.5 Å². The van der Waals surface area contributed by atoms with Gasteiger partial charge in [-0.3, -0.25) is 0 Å². The van der Waals surface area contributed by atoms with E-state index in [-0.39, 0.29) is 0 Å². The summed E-state index contributed by atoms with van der Waals surface area (Å²) in [6.45, 7) is 3.68. The molecule has 1 aromatic carbocycles. The van der Waals surface area contributed by atoms with Crippen molar-refractivity contribution in [2.75, 3.05) is 11.9 Å². The highest BCUT2D eigenvalue weighted by molar-refractivity contribution is 5.78. The van der Waals surface area contributed by atoms with Gasteiger partial charge in [0.25, 0.3) is 0 Å². The first kappa shape index (κ1) is 13.0. The summed E-state index contributed by atoms with van der Waals surface area (Å²) in [5.74, 6) is -0.836. The number of nitriles is 1. The van der Waals surface area contributed by atoms with Crippen molar-refractivity contribution in [2.45, 2.75) is 26.3 Å². The number of hydrogen-bond acceptors (Lipinski definition) is 3. The fourth-order valence-electron chi connectivity index (χ4n) is 1.79. The summed E-state index contributed by atoms with van der Waals surface area (Å²) < 4.78 is 0. The number of carbonyl (C=O) groups is 1. The molecule has 0 heterocycles. The monoisotopic (exact) mass is 232 g/mol. The van der Waals surface area contributed by atoms with Gasteiger partial charge in [-0.15, -0.1) is 0 Å². The molecule has 0 aromatic heterocycles. The summed E-state index contributed by atoms with van der Waals surface area (Å²) in [7, 11) is 1.75. The largest absolute Gasteiger partial charge is 0.480 e.